The van der Waals surface area contributed by atoms with E-state index in [2.05, 4.69) is 5.32 Å². The molecule has 0 saturated heterocycles. The van der Waals surface area contributed by atoms with Crippen molar-refractivity contribution in [3.63, 3.8) is 0 Å². The Labute approximate surface area is 111 Å². The van der Waals surface area contributed by atoms with Crippen LogP contribution in [0.25, 0.3) is 0 Å². The minimum Gasteiger partial charge on any atom is -0.325 e. The molecule has 5 nitrogen and oxygen atoms in total. The summed E-state index contributed by atoms with van der Waals surface area (Å²) in [5.41, 5.74) is -1.09. The maximum atomic E-state index is 12.7. The Morgan fingerprint density at radius 3 is 2.26 bits per heavy atom. The molecule has 0 fully saturated rings. The van der Waals surface area contributed by atoms with Crippen LogP contribution in [0.3, 0.4) is 0 Å². The molecule has 3 N–H and O–H groups in total. The van der Waals surface area contributed by atoms with Crippen LogP contribution in [0.2, 0.25) is 0 Å². The second kappa shape index (κ2) is 6.28. The first-order chi connectivity index (χ1) is 8.70. The topological polar surface area (TPSA) is 86.6 Å². The first-order valence-electron chi connectivity index (χ1n) is 5.82. The van der Waals surface area contributed by atoms with Crippen LogP contribution in [0.15, 0.2) is 24.3 Å². The van der Waals surface area contributed by atoms with Crippen molar-refractivity contribution in [2.24, 2.45) is 5.92 Å². The number of hydrogen-bond donors (Lipinski definition) is 3. The molecule has 0 spiro atoms. The van der Waals surface area contributed by atoms with Crippen LogP contribution in [0.5, 0.6) is 0 Å². The molecule has 19 heavy (non-hydrogen) atoms. The summed E-state index contributed by atoms with van der Waals surface area (Å²) in [7, 11) is -4.52. The van der Waals surface area contributed by atoms with E-state index in [1.54, 1.807) is 13.8 Å². The first-order valence-corrected chi connectivity index (χ1v) is 7.50. The lowest BCUT2D eigenvalue weighted by Crippen LogP contribution is -2.29. The van der Waals surface area contributed by atoms with Crippen LogP contribution in [-0.2, 0) is 9.36 Å². The summed E-state index contributed by atoms with van der Waals surface area (Å²) in [5.74, 6) is -1.24. The number of hydrogen-bond acceptors (Lipinski definition) is 2. The molecule has 0 saturated carbocycles. The van der Waals surface area contributed by atoms with Gasteiger partial charge in [-0.05, 0) is 36.6 Å². The summed E-state index contributed by atoms with van der Waals surface area (Å²) in [6, 6.07) is 4.98. The Balaban J connectivity index is 2.83. The van der Waals surface area contributed by atoms with Crippen molar-refractivity contribution in [2.75, 3.05) is 5.32 Å². The Kier molecular flexibility index (Phi) is 5.23. The molecule has 0 aliphatic heterocycles. The zero-order chi connectivity index (χ0) is 14.6. The molecule has 0 aliphatic rings. The predicted octanol–water partition coefficient (Wildman–Crippen LogP) is 2.36. The van der Waals surface area contributed by atoms with E-state index in [0.717, 1.165) is 12.1 Å². The maximum absolute atomic E-state index is 12.7. The van der Waals surface area contributed by atoms with Gasteiger partial charge in [-0.25, -0.2) is 4.39 Å². The summed E-state index contributed by atoms with van der Waals surface area (Å²) < 4.78 is 24.0. The van der Waals surface area contributed by atoms with Gasteiger partial charge in [0.2, 0.25) is 5.91 Å². The summed E-state index contributed by atoms with van der Waals surface area (Å²) in [6.45, 7) is 3.54. The van der Waals surface area contributed by atoms with Crippen molar-refractivity contribution in [2.45, 2.75) is 25.9 Å². The van der Waals surface area contributed by atoms with E-state index in [9.17, 15) is 23.5 Å². The quantitative estimate of drug-likeness (QED) is 0.726. The first kappa shape index (κ1) is 15.8. The molecule has 1 amide bonds. The normalized spacial score (nSPS) is 13.4. The minimum atomic E-state index is -4.52. The molecule has 1 unspecified atom stereocenters. The lowest BCUT2D eigenvalue weighted by Gasteiger charge is -2.19. The van der Waals surface area contributed by atoms with Crippen molar-refractivity contribution in [1.82, 2.24) is 0 Å². The molecule has 1 aromatic rings. The molecule has 0 aliphatic carbocycles. The molecule has 7 heteroatoms. The molecular weight excluding hydrogens is 272 g/mol. The van der Waals surface area contributed by atoms with Gasteiger partial charge < -0.3 is 15.1 Å². The van der Waals surface area contributed by atoms with E-state index in [0.29, 0.717) is 5.69 Å². The SMILES string of the molecule is CC(C)CC(C(=O)Nc1ccc(F)cc1)P(=O)(O)O. The number of amides is 1. The highest BCUT2D eigenvalue weighted by molar-refractivity contribution is 7.53. The number of nitrogens with one attached hydrogen (secondary N) is 1. The zero-order valence-electron chi connectivity index (χ0n) is 10.7. The maximum Gasteiger partial charge on any atom is 0.337 e. The summed E-state index contributed by atoms with van der Waals surface area (Å²) in [6.07, 6.45) is 0.0807. The molecule has 0 radical (unpaired) electrons. The lowest BCUT2D eigenvalue weighted by atomic mass is 10.1. The Morgan fingerprint density at radius 2 is 1.84 bits per heavy atom. The summed E-state index contributed by atoms with van der Waals surface area (Å²) in [5, 5.41) is 2.38. The van der Waals surface area contributed by atoms with Crippen molar-refractivity contribution in [3.8, 4) is 0 Å². The van der Waals surface area contributed by atoms with Gasteiger partial charge in [0.15, 0.2) is 0 Å². The monoisotopic (exact) mass is 289 g/mol. The zero-order valence-corrected chi connectivity index (χ0v) is 11.6. The number of rotatable bonds is 5. The Hall–Kier alpha value is -1.23. The molecular formula is C12H17FNO4P. The van der Waals surface area contributed by atoms with Crippen LogP contribution in [0.1, 0.15) is 20.3 Å². The van der Waals surface area contributed by atoms with Gasteiger partial charge in [0, 0.05) is 5.69 Å². The van der Waals surface area contributed by atoms with E-state index in [1.165, 1.54) is 12.1 Å². The third kappa shape index (κ3) is 5.11. The third-order valence-corrected chi connectivity index (χ3v) is 3.77. The molecule has 0 bridgehead atoms. The van der Waals surface area contributed by atoms with Gasteiger partial charge in [0.05, 0.1) is 0 Å². The van der Waals surface area contributed by atoms with Crippen molar-refractivity contribution in [3.05, 3.63) is 30.1 Å². The van der Waals surface area contributed by atoms with Crippen molar-refractivity contribution < 1.29 is 23.5 Å². The fraction of sp³-hybridized carbons (Fsp3) is 0.417. The van der Waals surface area contributed by atoms with E-state index in [-0.39, 0.29) is 12.3 Å². The van der Waals surface area contributed by atoms with Gasteiger partial charge in [-0.1, -0.05) is 13.8 Å². The Bertz CT molecular complexity index is 483. The van der Waals surface area contributed by atoms with Crippen LogP contribution in [0, 0.1) is 11.7 Å². The number of carbonyl (C=O) groups excluding carboxylic acids is 1. The van der Waals surface area contributed by atoms with E-state index >= 15 is 0 Å². The van der Waals surface area contributed by atoms with Gasteiger partial charge in [-0.3, -0.25) is 9.36 Å². The third-order valence-electron chi connectivity index (χ3n) is 2.52. The largest absolute Gasteiger partial charge is 0.337 e. The van der Waals surface area contributed by atoms with Crippen LogP contribution >= 0.6 is 7.60 Å². The second-order valence-corrected chi connectivity index (χ2v) is 6.53. The van der Waals surface area contributed by atoms with Gasteiger partial charge >= 0.3 is 7.60 Å². The molecule has 1 atom stereocenters. The van der Waals surface area contributed by atoms with Gasteiger partial charge in [0.25, 0.3) is 0 Å². The fourth-order valence-electron chi connectivity index (χ4n) is 1.60. The van der Waals surface area contributed by atoms with Crippen molar-refractivity contribution in [1.29, 1.82) is 0 Å². The van der Waals surface area contributed by atoms with Crippen LogP contribution in [-0.4, -0.2) is 21.4 Å². The number of anilines is 1. The van der Waals surface area contributed by atoms with E-state index in [1.807, 2.05) is 0 Å². The smallest absolute Gasteiger partial charge is 0.325 e. The Morgan fingerprint density at radius 1 is 1.32 bits per heavy atom. The average molecular weight is 289 g/mol. The van der Waals surface area contributed by atoms with E-state index in [4.69, 9.17) is 0 Å². The molecule has 0 heterocycles. The summed E-state index contributed by atoms with van der Waals surface area (Å²) in [4.78, 5) is 30.3. The minimum absolute atomic E-state index is 0.0309. The number of carbonyl (C=O) groups is 1. The average Bonchev–Trinajstić information content (AvgIpc) is 2.27. The van der Waals surface area contributed by atoms with E-state index < -0.39 is 25.0 Å². The predicted molar refractivity (Wildman–Crippen MR) is 70.3 cm³/mol. The van der Waals surface area contributed by atoms with Crippen molar-refractivity contribution >= 4 is 19.2 Å². The highest BCUT2D eigenvalue weighted by Gasteiger charge is 2.36. The lowest BCUT2D eigenvalue weighted by molar-refractivity contribution is -0.116. The highest BCUT2D eigenvalue weighted by atomic mass is 31.2. The van der Waals surface area contributed by atoms with Gasteiger partial charge in [0.1, 0.15) is 11.5 Å². The van der Waals surface area contributed by atoms with Gasteiger partial charge in [-0.15, -0.1) is 0 Å². The molecule has 1 aromatic carbocycles. The standard InChI is InChI=1S/C12H17FNO4P/c1-8(2)7-11(19(16,17)18)12(15)14-10-5-3-9(13)4-6-10/h3-6,8,11H,7H2,1-2H3,(H,14,15)(H2,16,17,18). The second-order valence-electron chi connectivity index (χ2n) is 4.73. The molecule has 0 aromatic heterocycles. The molecule has 106 valence electrons. The summed E-state index contributed by atoms with van der Waals surface area (Å²) >= 11 is 0. The van der Waals surface area contributed by atoms with Crippen LogP contribution < -0.4 is 5.32 Å². The van der Waals surface area contributed by atoms with Crippen LogP contribution in [0.4, 0.5) is 10.1 Å². The van der Waals surface area contributed by atoms with Gasteiger partial charge in [-0.2, -0.15) is 0 Å². The number of halogens is 1. The fourth-order valence-corrected chi connectivity index (χ4v) is 2.67. The molecule has 1 rings (SSSR count). The number of benzene rings is 1. The highest BCUT2D eigenvalue weighted by Crippen LogP contribution is 2.44.